The lowest BCUT2D eigenvalue weighted by molar-refractivity contribution is -0.462. The van der Waals surface area contributed by atoms with Gasteiger partial charge in [-0.15, -0.1) is 6.58 Å². The molecule has 0 saturated carbocycles. The van der Waals surface area contributed by atoms with Gasteiger partial charge in [-0.05, 0) is 24.3 Å². The molecule has 0 atom stereocenters. The van der Waals surface area contributed by atoms with Crippen molar-refractivity contribution in [1.29, 1.82) is 0 Å². The predicted molar refractivity (Wildman–Crippen MR) is 143 cm³/mol. The van der Waals surface area contributed by atoms with E-state index in [9.17, 15) is 94.9 Å². The fourth-order valence-corrected chi connectivity index (χ4v) is 3.98. The summed E-state index contributed by atoms with van der Waals surface area (Å²) in [6, 6.07) is 3.22. The number of nitro benzene ring substituents is 2. The largest absolute Gasteiger partial charge is 0.483 e. The maximum atomic E-state index is 14.9. The molecule has 0 radical (unpaired) electrons. The minimum absolute atomic E-state index is 0.110. The molecule has 2 aromatic rings. The maximum absolute atomic E-state index is 14.9. The van der Waals surface area contributed by atoms with Gasteiger partial charge in [0.1, 0.15) is 6.61 Å². The van der Waals surface area contributed by atoms with Crippen molar-refractivity contribution in [2.24, 2.45) is 0 Å². The molecule has 0 amide bonds. The summed E-state index contributed by atoms with van der Waals surface area (Å²) in [7, 11) is 0. The molecule has 290 valence electrons. The molecular formula is C27H18F17N3O5. The summed E-state index contributed by atoms with van der Waals surface area (Å²) in [5.41, 5.74) is -4.55. The van der Waals surface area contributed by atoms with Crippen LogP contribution in [0.4, 0.5) is 91.7 Å². The quantitative estimate of drug-likeness (QED) is 0.0686. The Hall–Kier alpha value is -4.87. The lowest BCUT2D eigenvalue weighted by atomic mass is 9.87. The number of hydrogen-bond donors (Lipinski definition) is 0. The Bertz CT molecular complexity index is 1680. The molecule has 0 N–H and O–H groups in total. The first kappa shape index (κ1) is 43.3. The van der Waals surface area contributed by atoms with E-state index < -0.39 is 106 Å². The van der Waals surface area contributed by atoms with Crippen LogP contribution in [0.2, 0.25) is 0 Å². The van der Waals surface area contributed by atoms with Gasteiger partial charge in [-0.3, -0.25) is 20.2 Å². The van der Waals surface area contributed by atoms with Gasteiger partial charge in [0.15, 0.2) is 5.75 Å². The van der Waals surface area contributed by atoms with Crippen LogP contribution < -0.4 is 9.64 Å². The fraction of sp³-hybridized carbons (Fsp3) is 0.407. The van der Waals surface area contributed by atoms with E-state index in [1.54, 1.807) is 0 Å². The highest BCUT2D eigenvalue weighted by atomic mass is 19.4. The van der Waals surface area contributed by atoms with Gasteiger partial charge in [0, 0.05) is 30.4 Å². The van der Waals surface area contributed by atoms with Gasteiger partial charge >= 0.3 is 53.3 Å². The summed E-state index contributed by atoms with van der Waals surface area (Å²) in [6.07, 6.45) is -4.63. The maximum Gasteiger partial charge on any atom is 0.460 e. The lowest BCUT2D eigenvalue weighted by Crippen LogP contribution is -2.74. The normalized spacial score (nSPS) is 14.0. The second-order valence-electron chi connectivity index (χ2n) is 10.2. The van der Waals surface area contributed by atoms with E-state index in [0.717, 1.165) is 41.3 Å². The van der Waals surface area contributed by atoms with Crippen molar-refractivity contribution in [2.75, 3.05) is 24.6 Å². The average molecular weight is 787 g/mol. The molecule has 0 saturated heterocycles. The van der Waals surface area contributed by atoms with Gasteiger partial charge < -0.3 is 9.64 Å². The molecule has 8 nitrogen and oxygen atoms in total. The molecule has 0 unspecified atom stereocenters. The molecule has 0 bridgehead atoms. The van der Waals surface area contributed by atoms with E-state index in [2.05, 4.69) is 6.58 Å². The van der Waals surface area contributed by atoms with Crippen LogP contribution in [0.25, 0.3) is 0 Å². The zero-order chi connectivity index (χ0) is 40.5. The minimum atomic E-state index is -8.75. The second-order valence-corrected chi connectivity index (χ2v) is 10.2. The van der Waals surface area contributed by atoms with Crippen LogP contribution in [0.5, 0.6) is 5.75 Å². The van der Waals surface area contributed by atoms with Gasteiger partial charge in [0.25, 0.3) is 5.69 Å². The number of halogens is 17. The van der Waals surface area contributed by atoms with E-state index >= 15 is 0 Å². The van der Waals surface area contributed by atoms with Gasteiger partial charge in [-0.1, -0.05) is 24.3 Å². The van der Waals surface area contributed by atoms with Gasteiger partial charge in [0.05, 0.1) is 15.9 Å². The lowest BCUT2D eigenvalue weighted by Gasteiger charge is -2.42. The molecular weight excluding hydrogens is 769 g/mol. The van der Waals surface area contributed by atoms with E-state index in [-0.39, 0.29) is 12.1 Å². The van der Waals surface area contributed by atoms with Crippen molar-refractivity contribution < 1.29 is 89.2 Å². The van der Waals surface area contributed by atoms with Crippen molar-refractivity contribution in [1.82, 2.24) is 0 Å². The third-order valence-corrected chi connectivity index (χ3v) is 6.82. The second kappa shape index (κ2) is 14.3. The van der Waals surface area contributed by atoms with E-state index in [0.29, 0.717) is 12.1 Å². The molecule has 25 heteroatoms. The van der Waals surface area contributed by atoms with Crippen LogP contribution >= 0.6 is 0 Å². The zero-order valence-corrected chi connectivity index (χ0v) is 24.9. The summed E-state index contributed by atoms with van der Waals surface area (Å²) in [6.45, 7) is 1.87. The summed E-state index contributed by atoms with van der Waals surface area (Å²) in [4.78, 5) is 20.9. The topological polar surface area (TPSA) is 98.8 Å². The van der Waals surface area contributed by atoms with Gasteiger partial charge in [-0.2, -0.15) is 74.6 Å². The summed E-state index contributed by atoms with van der Waals surface area (Å²) in [5.74, 6) is -57.9. The monoisotopic (exact) mass is 787 g/mol. The van der Waals surface area contributed by atoms with Crippen molar-refractivity contribution >= 4 is 17.1 Å². The number of hydrogen-bond acceptors (Lipinski definition) is 6. The number of alkyl halides is 17. The Labute approximate surface area is 278 Å². The SMILES string of the molecule is C=CCN(CC=CCOc1ccc([N+](=O)[O-])cc1[N+](=O)[O-])c1cccc(C(F)(F)C(F)(F)C(F)(F)C(F)(F)C(F)(F)C(F)(F)C(F)(F)C(F)(F)F)c1. The minimum Gasteiger partial charge on any atom is -0.483 e. The number of ether oxygens (including phenoxy) is 1. The molecule has 0 aliphatic heterocycles. The Balaban J connectivity index is 2.43. The number of nitrogens with zero attached hydrogens (tertiary/aromatic N) is 3. The number of nitro groups is 2. The van der Waals surface area contributed by atoms with Crippen molar-refractivity contribution in [3.63, 3.8) is 0 Å². The first-order valence-corrected chi connectivity index (χ1v) is 13.3. The molecule has 0 aliphatic rings. The van der Waals surface area contributed by atoms with Gasteiger partial charge in [-0.25, -0.2) is 0 Å². The number of anilines is 1. The number of rotatable bonds is 17. The van der Waals surface area contributed by atoms with Crippen molar-refractivity contribution in [2.45, 2.75) is 47.6 Å². The molecule has 0 aromatic heterocycles. The molecule has 0 fully saturated rings. The molecule has 2 rings (SSSR count). The highest BCUT2D eigenvalue weighted by Gasteiger charge is 2.95. The number of benzene rings is 2. The van der Waals surface area contributed by atoms with E-state index in [4.69, 9.17) is 4.74 Å². The van der Waals surface area contributed by atoms with E-state index in [1.165, 1.54) is 0 Å². The first-order chi connectivity index (χ1) is 23.4. The van der Waals surface area contributed by atoms with Crippen molar-refractivity contribution in [3.05, 3.63) is 93.1 Å². The molecule has 52 heavy (non-hydrogen) atoms. The zero-order valence-electron chi connectivity index (χ0n) is 24.9. The van der Waals surface area contributed by atoms with Crippen LogP contribution in [0.1, 0.15) is 5.56 Å². The van der Waals surface area contributed by atoms with Crippen LogP contribution in [0.15, 0.2) is 67.3 Å². The Morgan fingerprint density at radius 2 is 1.17 bits per heavy atom. The fourth-order valence-electron chi connectivity index (χ4n) is 3.98. The number of non-ortho nitro benzene ring substituents is 1. The Morgan fingerprint density at radius 3 is 1.65 bits per heavy atom. The predicted octanol–water partition coefficient (Wildman–Crippen LogP) is 9.60. The standard InChI is InChI=1S/C27H18F17N3O5/c1-2-10-45(11-3-4-12-52-19-9-8-17(46(48)49)14-18(19)47(50)51)16-7-5-6-15(13-16)20(28,29)21(30,31)22(32,33)23(34,35)24(36,37)25(38,39)26(40,41)27(42,43)44/h2-9,13-14H,1,10-12H2. The summed E-state index contributed by atoms with van der Waals surface area (Å²) in [5, 5.41) is 22.0. The highest BCUT2D eigenvalue weighted by Crippen LogP contribution is 2.65. The van der Waals surface area contributed by atoms with Gasteiger partial charge in [0.2, 0.25) is 0 Å². The smallest absolute Gasteiger partial charge is 0.460 e. The van der Waals surface area contributed by atoms with E-state index in [1.807, 2.05) is 0 Å². The third kappa shape index (κ3) is 7.25. The van der Waals surface area contributed by atoms with Crippen LogP contribution in [-0.4, -0.2) is 71.3 Å². The molecule has 2 aromatic carbocycles. The Morgan fingerprint density at radius 1 is 0.654 bits per heavy atom. The summed E-state index contributed by atoms with van der Waals surface area (Å²) >= 11 is 0. The molecule has 0 heterocycles. The summed E-state index contributed by atoms with van der Waals surface area (Å²) < 4.78 is 238. The highest BCUT2D eigenvalue weighted by molar-refractivity contribution is 5.54. The third-order valence-electron chi connectivity index (χ3n) is 6.82. The Kier molecular flexibility index (Phi) is 11.9. The molecule has 0 spiro atoms. The van der Waals surface area contributed by atoms with Crippen LogP contribution in [0, 0.1) is 20.2 Å². The van der Waals surface area contributed by atoms with Crippen molar-refractivity contribution in [3.8, 4) is 5.75 Å². The van der Waals surface area contributed by atoms with Crippen LogP contribution in [0.3, 0.4) is 0 Å². The van der Waals surface area contributed by atoms with Crippen LogP contribution in [-0.2, 0) is 5.92 Å². The first-order valence-electron chi connectivity index (χ1n) is 13.3. The average Bonchev–Trinajstić information content (AvgIpc) is 3.02. The molecule has 0 aliphatic carbocycles.